The van der Waals surface area contributed by atoms with Gasteiger partial charge in [0, 0.05) is 32.4 Å². The van der Waals surface area contributed by atoms with Gasteiger partial charge in [-0.15, -0.1) is 13.2 Å². The minimum Gasteiger partial charge on any atom is -0.406 e. The fraction of sp³-hybridized carbons (Fsp3) is 0.357. The van der Waals surface area contributed by atoms with Crippen molar-refractivity contribution in [3.8, 4) is 5.75 Å². The highest BCUT2D eigenvalue weighted by molar-refractivity contribution is 5.80. The van der Waals surface area contributed by atoms with Gasteiger partial charge >= 0.3 is 6.36 Å². The van der Waals surface area contributed by atoms with Gasteiger partial charge in [-0.3, -0.25) is 4.99 Å². The van der Waals surface area contributed by atoms with Gasteiger partial charge in [0.05, 0.1) is 17.6 Å². The molecule has 8 heteroatoms. The number of hydrogen-bond acceptors (Lipinski definition) is 5. The molecule has 0 unspecified atom stereocenters. The van der Waals surface area contributed by atoms with Crippen LogP contribution in [0.25, 0.3) is 0 Å². The molecule has 0 spiro atoms. The van der Waals surface area contributed by atoms with E-state index >= 15 is 0 Å². The topological polar surface area (TPSA) is 62.9 Å². The molecule has 1 saturated heterocycles. The number of halogens is 3. The summed E-state index contributed by atoms with van der Waals surface area (Å²) >= 11 is 0. The van der Waals surface area contributed by atoms with E-state index in [4.69, 9.17) is 5.73 Å². The lowest BCUT2D eigenvalue weighted by Gasteiger charge is -2.29. The van der Waals surface area contributed by atoms with Gasteiger partial charge in [-0.25, -0.2) is 0 Å². The number of rotatable bonds is 4. The van der Waals surface area contributed by atoms with Crippen molar-refractivity contribution in [1.29, 1.82) is 0 Å². The zero-order valence-corrected chi connectivity index (χ0v) is 11.8. The van der Waals surface area contributed by atoms with Gasteiger partial charge in [0.2, 0.25) is 0 Å². The quantitative estimate of drug-likeness (QED) is 0.834. The zero-order chi connectivity index (χ0) is 16.0. The van der Waals surface area contributed by atoms with Crippen molar-refractivity contribution < 1.29 is 17.9 Å². The van der Waals surface area contributed by atoms with Crippen LogP contribution in [0.3, 0.4) is 0 Å². The second kappa shape index (κ2) is 7.17. The third-order valence-electron chi connectivity index (χ3n) is 3.07. The summed E-state index contributed by atoms with van der Waals surface area (Å²) < 4.78 is 40.0. The van der Waals surface area contributed by atoms with Gasteiger partial charge < -0.3 is 20.7 Å². The molecule has 22 heavy (non-hydrogen) atoms. The van der Waals surface area contributed by atoms with Crippen molar-refractivity contribution >= 4 is 11.9 Å². The van der Waals surface area contributed by atoms with Crippen molar-refractivity contribution in [1.82, 2.24) is 10.2 Å². The van der Waals surface area contributed by atoms with E-state index in [0.717, 1.165) is 31.9 Å². The Morgan fingerprint density at radius 2 is 1.86 bits per heavy atom. The SMILES string of the molecule is N/C=C(\C=Nc1ccc(OC(F)(F)F)cc1)N1CCNCC1. The van der Waals surface area contributed by atoms with Crippen molar-refractivity contribution in [3.63, 3.8) is 0 Å². The second-order valence-electron chi connectivity index (χ2n) is 4.63. The lowest BCUT2D eigenvalue weighted by Crippen LogP contribution is -2.43. The Morgan fingerprint density at radius 3 is 2.41 bits per heavy atom. The Balaban J connectivity index is 1.99. The predicted molar refractivity (Wildman–Crippen MR) is 78.0 cm³/mol. The number of aliphatic imine (C=N–C) groups is 1. The second-order valence-corrected chi connectivity index (χ2v) is 4.63. The largest absolute Gasteiger partial charge is 0.573 e. The number of nitrogens with zero attached hydrogens (tertiary/aromatic N) is 2. The first-order valence-corrected chi connectivity index (χ1v) is 6.75. The molecule has 1 aromatic carbocycles. The van der Waals surface area contributed by atoms with E-state index in [9.17, 15) is 13.2 Å². The van der Waals surface area contributed by atoms with E-state index in [1.54, 1.807) is 6.21 Å². The number of benzene rings is 1. The summed E-state index contributed by atoms with van der Waals surface area (Å²) in [4.78, 5) is 6.30. The molecule has 0 aromatic heterocycles. The minimum atomic E-state index is -4.69. The smallest absolute Gasteiger partial charge is 0.406 e. The standard InChI is InChI=1S/C14H17F3N4O/c15-14(16,17)22-13-3-1-11(2-4-13)20-10-12(9-18)21-7-5-19-6-8-21/h1-4,9-10,19H,5-8,18H2/b12-9+,20-10?. The zero-order valence-electron chi connectivity index (χ0n) is 11.8. The van der Waals surface area contributed by atoms with Crippen LogP contribution >= 0.6 is 0 Å². The van der Waals surface area contributed by atoms with Crippen LogP contribution in [0, 0.1) is 0 Å². The van der Waals surface area contributed by atoms with Gasteiger partial charge in [0.15, 0.2) is 0 Å². The summed E-state index contributed by atoms with van der Waals surface area (Å²) in [6.45, 7) is 3.39. The molecule has 0 saturated carbocycles. The molecule has 1 aromatic rings. The van der Waals surface area contributed by atoms with Gasteiger partial charge in [-0.1, -0.05) is 0 Å². The maximum absolute atomic E-state index is 12.1. The summed E-state index contributed by atoms with van der Waals surface area (Å²) in [6, 6.07) is 5.33. The molecule has 3 N–H and O–H groups in total. The average Bonchev–Trinajstić information content (AvgIpc) is 2.49. The molecule has 0 radical (unpaired) electrons. The third kappa shape index (κ3) is 4.96. The first-order chi connectivity index (χ1) is 10.5. The summed E-state index contributed by atoms with van der Waals surface area (Å²) in [5.74, 6) is -0.275. The molecule has 5 nitrogen and oxygen atoms in total. The third-order valence-corrected chi connectivity index (χ3v) is 3.07. The summed E-state index contributed by atoms with van der Waals surface area (Å²) in [5, 5.41) is 3.23. The number of ether oxygens (including phenoxy) is 1. The first kappa shape index (κ1) is 16.2. The Hall–Kier alpha value is -2.22. The maximum atomic E-state index is 12.1. The maximum Gasteiger partial charge on any atom is 0.573 e. The molecule has 2 rings (SSSR count). The van der Waals surface area contributed by atoms with Crippen molar-refractivity contribution in [2.75, 3.05) is 26.2 Å². The lowest BCUT2D eigenvalue weighted by atomic mass is 10.3. The highest BCUT2D eigenvalue weighted by atomic mass is 19.4. The summed E-state index contributed by atoms with van der Waals surface area (Å²) in [7, 11) is 0. The Bertz CT molecular complexity index is 534. The Labute approximate surface area is 126 Å². The molecule has 1 aliphatic rings. The van der Waals surface area contributed by atoms with Gasteiger partial charge in [-0.05, 0) is 24.3 Å². The molecule has 0 aliphatic carbocycles. The number of nitrogens with two attached hydrogens (primary N) is 1. The molecular weight excluding hydrogens is 297 g/mol. The Kier molecular flexibility index (Phi) is 5.26. The lowest BCUT2D eigenvalue weighted by molar-refractivity contribution is -0.274. The average molecular weight is 314 g/mol. The van der Waals surface area contributed by atoms with E-state index in [2.05, 4.69) is 19.9 Å². The first-order valence-electron chi connectivity index (χ1n) is 6.75. The van der Waals surface area contributed by atoms with Crippen LogP contribution < -0.4 is 15.8 Å². The molecule has 1 aliphatic heterocycles. The molecule has 0 amide bonds. The minimum absolute atomic E-state index is 0.275. The van der Waals surface area contributed by atoms with E-state index in [0.29, 0.717) is 5.69 Å². The van der Waals surface area contributed by atoms with Crippen LogP contribution in [0.4, 0.5) is 18.9 Å². The van der Waals surface area contributed by atoms with Crippen LogP contribution in [-0.2, 0) is 0 Å². The number of piperazine rings is 1. The van der Waals surface area contributed by atoms with Crippen LogP contribution in [-0.4, -0.2) is 43.7 Å². The van der Waals surface area contributed by atoms with E-state index in [1.165, 1.54) is 30.5 Å². The van der Waals surface area contributed by atoms with Gasteiger partial charge in [0.25, 0.3) is 0 Å². The highest BCUT2D eigenvalue weighted by Gasteiger charge is 2.30. The van der Waals surface area contributed by atoms with Crippen molar-refractivity contribution in [2.24, 2.45) is 10.7 Å². The number of hydrogen-bond donors (Lipinski definition) is 2. The number of nitrogens with one attached hydrogen (secondary N) is 1. The summed E-state index contributed by atoms with van der Waals surface area (Å²) in [5.41, 5.74) is 6.89. The van der Waals surface area contributed by atoms with Crippen molar-refractivity contribution in [3.05, 3.63) is 36.2 Å². The Morgan fingerprint density at radius 1 is 1.23 bits per heavy atom. The molecule has 0 atom stereocenters. The molecular formula is C14H17F3N4O. The highest BCUT2D eigenvalue weighted by Crippen LogP contribution is 2.24. The van der Waals surface area contributed by atoms with Crippen LogP contribution in [0.15, 0.2) is 41.2 Å². The van der Waals surface area contributed by atoms with Crippen molar-refractivity contribution in [2.45, 2.75) is 6.36 Å². The van der Waals surface area contributed by atoms with Crippen LogP contribution in [0.5, 0.6) is 5.75 Å². The predicted octanol–water partition coefficient (Wildman–Crippen LogP) is 1.99. The molecule has 120 valence electrons. The number of alkyl halides is 3. The van der Waals surface area contributed by atoms with Crippen LogP contribution in [0.2, 0.25) is 0 Å². The van der Waals surface area contributed by atoms with Gasteiger partial charge in [-0.2, -0.15) is 0 Å². The number of allylic oxidation sites excluding steroid dienone is 1. The van der Waals surface area contributed by atoms with Crippen LogP contribution in [0.1, 0.15) is 0 Å². The van der Waals surface area contributed by atoms with E-state index in [1.807, 2.05) is 0 Å². The normalized spacial score (nSPS) is 17.0. The summed E-state index contributed by atoms with van der Waals surface area (Å²) in [6.07, 6.45) is -1.62. The van der Waals surface area contributed by atoms with E-state index < -0.39 is 6.36 Å². The monoisotopic (exact) mass is 314 g/mol. The van der Waals surface area contributed by atoms with Gasteiger partial charge in [0.1, 0.15) is 5.75 Å². The fourth-order valence-electron chi connectivity index (χ4n) is 2.03. The molecule has 1 fully saturated rings. The van der Waals surface area contributed by atoms with E-state index in [-0.39, 0.29) is 5.75 Å². The fourth-order valence-corrected chi connectivity index (χ4v) is 2.03. The molecule has 0 bridgehead atoms. The molecule has 1 heterocycles.